The molecule has 1 amide bonds. The van der Waals surface area contributed by atoms with E-state index in [2.05, 4.69) is 20.5 Å². The van der Waals surface area contributed by atoms with Crippen molar-refractivity contribution in [2.24, 2.45) is 0 Å². The largest absolute Gasteiger partial charge is 0.399 e. The molecule has 3 saturated heterocycles. The molecular formula is C19H24ClN5O. The number of hydrogen-bond acceptors (Lipinski definition) is 5. The van der Waals surface area contributed by atoms with Crippen LogP contribution in [0.5, 0.6) is 0 Å². The Hall–Kier alpha value is -2.15. The van der Waals surface area contributed by atoms with Crippen LogP contribution in [-0.2, 0) is 0 Å². The first kappa shape index (κ1) is 18.6. The molecule has 2 aromatic rings. The van der Waals surface area contributed by atoms with Gasteiger partial charge in [0.05, 0.1) is 23.6 Å². The Labute approximate surface area is 159 Å². The Morgan fingerprint density at radius 2 is 1.88 bits per heavy atom. The average molecular weight is 374 g/mol. The predicted molar refractivity (Wildman–Crippen MR) is 106 cm³/mol. The zero-order valence-corrected chi connectivity index (χ0v) is 15.3. The van der Waals surface area contributed by atoms with Gasteiger partial charge in [0.15, 0.2) is 0 Å². The Bertz CT molecular complexity index is 742. The number of hydrogen-bond donors (Lipinski definition) is 3. The van der Waals surface area contributed by atoms with E-state index in [0.717, 1.165) is 25.3 Å². The predicted octanol–water partition coefficient (Wildman–Crippen LogP) is 2.45. The van der Waals surface area contributed by atoms with Crippen LogP contribution in [0.1, 0.15) is 34.9 Å². The third-order valence-electron chi connectivity index (χ3n) is 5.13. The summed E-state index contributed by atoms with van der Waals surface area (Å²) in [4.78, 5) is 19.4. The highest BCUT2D eigenvalue weighted by Gasteiger charge is 2.31. The zero-order valence-electron chi connectivity index (χ0n) is 14.5. The third-order valence-corrected chi connectivity index (χ3v) is 5.13. The summed E-state index contributed by atoms with van der Waals surface area (Å²) in [7, 11) is 0. The third kappa shape index (κ3) is 3.98. The minimum atomic E-state index is -0.159. The van der Waals surface area contributed by atoms with Crippen LogP contribution >= 0.6 is 12.4 Å². The molecule has 7 heteroatoms. The van der Waals surface area contributed by atoms with Crippen LogP contribution in [0.25, 0.3) is 0 Å². The van der Waals surface area contributed by atoms with E-state index >= 15 is 0 Å². The monoisotopic (exact) mass is 373 g/mol. The lowest BCUT2D eigenvalue weighted by atomic mass is 10.1. The minimum absolute atomic E-state index is 0. The van der Waals surface area contributed by atoms with Crippen LogP contribution < -0.4 is 16.4 Å². The van der Waals surface area contributed by atoms with Crippen LogP contribution in [0.3, 0.4) is 0 Å². The highest BCUT2D eigenvalue weighted by atomic mass is 35.5. The standard InChI is InChI=1S/C19H23N5O.ClH/c20-14-3-1-13(2-4-14)19(25)23-16-5-6-17(22-11-16)18-12-21-15-7-9-24(18)10-8-15;/h1-6,11,15,18,21H,7-10,12,20H2,(H,23,25);1H. The molecule has 5 rings (SSSR count). The number of nitrogen functional groups attached to an aromatic ring is 1. The van der Waals surface area contributed by atoms with Crippen molar-refractivity contribution in [3.8, 4) is 0 Å². The molecule has 3 aliphatic rings. The number of pyridine rings is 1. The smallest absolute Gasteiger partial charge is 0.255 e. The molecule has 4 heterocycles. The van der Waals surface area contributed by atoms with Crippen LogP contribution in [0.4, 0.5) is 11.4 Å². The van der Waals surface area contributed by atoms with E-state index in [4.69, 9.17) is 5.73 Å². The van der Waals surface area contributed by atoms with Gasteiger partial charge in [0, 0.05) is 36.9 Å². The summed E-state index contributed by atoms with van der Waals surface area (Å²) in [6.07, 6.45) is 4.17. The number of aromatic nitrogens is 1. The van der Waals surface area contributed by atoms with Gasteiger partial charge in [-0.05, 0) is 49.2 Å². The van der Waals surface area contributed by atoms with Crippen molar-refractivity contribution < 1.29 is 4.79 Å². The van der Waals surface area contributed by atoms with Gasteiger partial charge in [0.25, 0.3) is 5.91 Å². The molecule has 3 aliphatic heterocycles. The van der Waals surface area contributed by atoms with E-state index in [-0.39, 0.29) is 18.3 Å². The fourth-order valence-electron chi connectivity index (χ4n) is 3.63. The number of nitrogens with one attached hydrogen (secondary N) is 2. The number of anilines is 2. The number of carbonyl (C=O) groups is 1. The molecule has 0 aliphatic carbocycles. The van der Waals surface area contributed by atoms with E-state index in [9.17, 15) is 4.79 Å². The molecule has 2 bridgehead atoms. The van der Waals surface area contributed by atoms with Crippen molar-refractivity contribution in [2.45, 2.75) is 24.9 Å². The normalized spacial score (nSPS) is 24.4. The quantitative estimate of drug-likeness (QED) is 0.720. The molecular weight excluding hydrogens is 350 g/mol. The number of rotatable bonds is 3. The van der Waals surface area contributed by atoms with Crippen LogP contribution in [-0.4, -0.2) is 41.5 Å². The van der Waals surface area contributed by atoms with E-state index in [1.54, 1.807) is 30.5 Å². The van der Waals surface area contributed by atoms with Gasteiger partial charge in [0.2, 0.25) is 0 Å². The molecule has 0 radical (unpaired) electrons. The number of amides is 1. The van der Waals surface area contributed by atoms with Gasteiger partial charge < -0.3 is 16.4 Å². The number of carbonyl (C=O) groups excluding carboxylic acids is 1. The van der Waals surface area contributed by atoms with Crippen molar-refractivity contribution in [3.05, 3.63) is 53.9 Å². The summed E-state index contributed by atoms with van der Waals surface area (Å²) in [5.74, 6) is -0.159. The van der Waals surface area contributed by atoms with Crippen molar-refractivity contribution in [2.75, 3.05) is 30.7 Å². The van der Waals surface area contributed by atoms with Gasteiger partial charge in [0.1, 0.15) is 0 Å². The Kier molecular flexibility index (Phi) is 5.76. The maximum absolute atomic E-state index is 12.3. The first-order valence-corrected chi connectivity index (χ1v) is 8.79. The molecule has 138 valence electrons. The van der Waals surface area contributed by atoms with Crippen molar-refractivity contribution >= 4 is 29.7 Å². The second-order valence-corrected chi connectivity index (χ2v) is 6.78. The highest BCUT2D eigenvalue weighted by molar-refractivity contribution is 6.04. The Balaban J connectivity index is 0.00000196. The molecule has 1 unspecified atom stereocenters. The number of nitrogens with zero attached hydrogens (tertiary/aromatic N) is 2. The second-order valence-electron chi connectivity index (χ2n) is 6.78. The van der Waals surface area contributed by atoms with E-state index < -0.39 is 0 Å². The zero-order chi connectivity index (χ0) is 17.2. The molecule has 1 aromatic heterocycles. The first-order valence-electron chi connectivity index (χ1n) is 8.79. The first-order chi connectivity index (χ1) is 12.2. The number of benzene rings is 1. The topological polar surface area (TPSA) is 83.3 Å². The number of piperidine rings is 1. The minimum Gasteiger partial charge on any atom is -0.399 e. The van der Waals surface area contributed by atoms with Gasteiger partial charge in [-0.25, -0.2) is 0 Å². The molecule has 3 fully saturated rings. The Morgan fingerprint density at radius 1 is 1.15 bits per heavy atom. The lowest BCUT2D eigenvalue weighted by Gasteiger charge is -2.31. The summed E-state index contributed by atoms with van der Waals surface area (Å²) < 4.78 is 0. The molecule has 6 nitrogen and oxygen atoms in total. The molecule has 0 spiro atoms. The van der Waals surface area contributed by atoms with Crippen LogP contribution in [0.15, 0.2) is 42.6 Å². The summed E-state index contributed by atoms with van der Waals surface area (Å²) in [6, 6.07) is 11.8. The van der Waals surface area contributed by atoms with Gasteiger partial charge >= 0.3 is 0 Å². The van der Waals surface area contributed by atoms with Crippen molar-refractivity contribution in [3.63, 3.8) is 0 Å². The van der Waals surface area contributed by atoms with Crippen LogP contribution in [0, 0.1) is 0 Å². The molecule has 0 saturated carbocycles. The Morgan fingerprint density at radius 3 is 2.54 bits per heavy atom. The fraction of sp³-hybridized carbons (Fsp3) is 0.368. The van der Waals surface area contributed by atoms with E-state index in [1.807, 2.05) is 12.1 Å². The summed E-state index contributed by atoms with van der Waals surface area (Å²) in [5.41, 5.74) is 8.63. The summed E-state index contributed by atoms with van der Waals surface area (Å²) >= 11 is 0. The summed E-state index contributed by atoms with van der Waals surface area (Å²) in [5, 5.41) is 6.51. The maximum Gasteiger partial charge on any atom is 0.255 e. The van der Waals surface area contributed by atoms with Crippen LogP contribution in [0.2, 0.25) is 0 Å². The SMILES string of the molecule is Cl.Nc1ccc(C(=O)Nc2ccc(C3CNC4CCN3CC4)nc2)cc1. The van der Waals surface area contributed by atoms with Gasteiger partial charge in [-0.15, -0.1) is 12.4 Å². The fourth-order valence-corrected chi connectivity index (χ4v) is 3.63. The lowest BCUT2D eigenvalue weighted by Crippen LogP contribution is -2.35. The molecule has 1 atom stereocenters. The number of nitrogens with two attached hydrogens (primary N) is 1. The number of fused-ring (bicyclic) bond motifs is 4. The summed E-state index contributed by atoms with van der Waals surface area (Å²) in [6.45, 7) is 3.19. The number of halogens is 1. The van der Waals surface area contributed by atoms with Gasteiger partial charge in [-0.2, -0.15) is 0 Å². The maximum atomic E-state index is 12.3. The van der Waals surface area contributed by atoms with Crippen molar-refractivity contribution in [1.29, 1.82) is 0 Å². The molecule has 4 N–H and O–H groups in total. The van der Waals surface area contributed by atoms with Crippen molar-refractivity contribution in [1.82, 2.24) is 15.2 Å². The van der Waals surface area contributed by atoms with E-state index in [0.29, 0.717) is 29.0 Å². The molecule has 1 aromatic carbocycles. The average Bonchev–Trinajstić information content (AvgIpc) is 2.97. The van der Waals surface area contributed by atoms with E-state index in [1.165, 1.54) is 12.8 Å². The molecule has 26 heavy (non-hydrogen) atoms. The second kappa shape index (κ2) is 8.03. The van der Waals surface area contributed by atoms with Gasteiger partial charge in [-0.1, -0.05) is 0 Å². The highest BCUT2D eigenvalue weighted by Crippen LogP contribution is 2.27. The van der Waals surface area contributed by atoms with Gasteiger partial charge in [-0.3, -0.25) is 14.7 Å². The lowest BCUT2D eigenvalue weighted by molar-refractivity contribution is 0.102.